The number of carbonyl (C=O) groups excluding carboxylic acids is 1. The number of sulfone groups is 1. The van der Waals surface area contributed by atoms with Crippen molar-refractivity contribution in [2.75, 3.05) is 18.1 Å². The molecular weight excluding hydrogens is 426 g/mol. The molecule has 0 aliphatic heterocycles. The van der Waals surface area contributed by atoms with Gasteiger partial charge in [-0.3, -0.25) is 0 Å². The number of amides is 2. The van der Waals surface area contributed by atoms with Gasteiger partial charge < -0.3 is 20.4 Å². The van der Waals surface area contributed by atoms with Crippen molar-refractivity contribution in [3.8, 4) is 5.75 Å². The fourth-order valence-electron chi connectivity index (χ4n) is 4.03. The van der Waals surface area contributed by atoms with Crippen LogP contribution in [0.1, 0.15) is 37.7 Å². The molecule has 8 heteroatoms. The monoisotopic (exact) mass is 455 g/mol. The number of aromatic amines is 1. The largest absolute Gasteiger partial charge is 0.490 e. The standard InChI is InChI=1S/C24H29N3O4S/c1-32(29,30)20-11-12-22-21(15-20)23(16-26-22)27-24(28)25-14-13-17-7-9-19(10-8-17)31-18-5-3-2-4-6-18/h7-12,15-16,18,26H,2-6,13-14H2,1H3,(H2,25,27,28). The fourth-order valence-corrected chi connectivity index (χ4v) is 4.68. The summed E-state index contributed by atoms with van der Waals surface area (Å²) in [4.78, 5) is 15.6. The molecule has 1 aliphatic rings. The van der Waals surface area contributed by atoms with Gasteiger partial charge in [0.15, 0.2) is 9.84 Å². The van der Waals surface area contributed by atoms with Crippen molar-refractivity contribution in [2.24, 2.45) is 0 Å². The van der Waals surface area contributed by atoms with Crippen LogP contribution >= 0.6 is 0 Å². The SMILES string of the molecule is CS(=O)(=O)c1ccc2[nH]cc(NC(=O)NCCc3ccc(OC4CCCCC4)cc3)c2c1. The van der Waals surface area contributed by atoms with Gasteiger partial charge in [-0.15, -0.1) is 0 Å². The minimum Gasteiger partial charge on any atom is -0.490 e. The van der Waals surface area contributed by atoms with Crippen LogP contribution in [0, 0.1) is 0 Å². The van der Waals surface area contributed by atoms with Crippen molar-refractivity contribution < 1.29 is 17.9 Å². The Morgan fingerprint density at radius 1 is 1.09 bits per heavy atom. The van der Waals surface area contributed by atoms with Crippen LogP contribution in [0.2, 0.25) is 0 Å². The molecule has 170 valence electrons. The summed E-state index contributed by atoms with van der Waals surface area (Å²) in [6.45, 7) is 0.478. The maximum absolute atomic E-state index is 12.3. The van der Waals surface area contributed by atoms with Crippen molar-refractivity contribution in [3.05, 3.63) is 54.2 Å². The minimum absolute atomic E-state index is 0.212. The lowest BCUT2D eigenvalue weighted by molar-refractivity contribution is 0.155. The van der Waals surface area contributed by atoms with Gasteiger partial charge in [-0.1, -0.05) is 18.6 Å². The third-order valence-electron chi connectivity index (χ3n) is 5.81. The highest BCUT2D eigenvalue weighted by atomic mass is 32.2. The summed E-state index contributed by atoms with van der Waals surface area (Å²) >= 11 is 0. The van der Waals surface area contributed by atoms with E-state index in [1.807, 2.05) is 24.3 Å². The van der Waals surface area contributed by atoms with Gasteiger partial charge in [0.1, 0.15) is 5.75 Å². The van der Waals surface area contributed by atoms with Crippen LogP contribution < -0.4 is 15.4 Å². The third-order valence-corrected chi connectivity index (χ3v) is 6.92. The number of aromatic nitrogens is 1. The van der Waals surface area contributed by atoms with E-state index in [0.717, 1.165) is 35.9 Å². The molecule has 1 aliphatic carbocycles. The molecule has 0 spiro atoms. The van der Waals surface area contributed by atoms with E-state index in [-0.39, 0.29) is 10.9 Å². The van der Waals surface area contributed by atoms with Crippen molar-refractivity contribution >= 4 is 32.5 Å². The number of nitrogens with one attached hydrogen (secondary N) is 3. The molecule has 0 unspecified atom stereocenters. The molecule has 1 aromatic heterocycles. The van der Waals surface area contributed by atoms with E-state index in [9.17, 15) is 13.2 Å². The van der Waals surface area contributed by atoms with Crippen LogP contribution in [0.3, 0.4) is 0 Å². The predicted octanol–water partition coefficient (Wildman–Crippen LogP) is 4.65. The molecule has 1 saturated carbocycles. The van der Waals surface area contributed by atoms with Crippen molar-refractivity contribution in [1.82, 2.24) is 10.3 Å². The van der Waals surface area contributed by atoms with E-state index in [0.29, 0.717) is 30.1 Å². The van der Waals surface area contributed by atoms with Crippen LogP contribution in [-0.4, -0.2) is 38.3 Å². The molecule has 0 radical (unpaired) electrons. The van der Waals surface area contributed by atoms with Crippen molar-refractivity contribution in [3.63, 3.8) is 0 Å². The molecule has 1 fully saturated rings. The highest BCUT2D eigenvalue weighted by Crippen LogP contribution is 2.26. The first kappa shape index (κ1) is 22.2. The minimum atomic E-state index is -3.33. The van der Waals surface area contributed by atoms with E-state index in [2.05, 4.69) is 15.6 Å². The number of H-pyrrole nitrogens is 1. The highest BCUT2D eigenvalue weighted by Gasteiger charge is 2.15. The molecule has 0 atom stereocenters. The summed E-state index contributed by atoms with van der Waals surface area (Å²) in [6, 6.07) is 12.5. The van der Waals surface area contributed by atoms with Gasteiger partial charge in [0, 0.05) is 29.9 Å². The molecule has 7 nitrogen and oxygen atoms in total. The lowest BCUT2D eigenvalue weighted by Crippen LogP contribution is -2.30. The molecule has 3 aromatic rings. The molecule has 4 rings (SSSR count). The summed E-state index contributed by atoms with van der Waals surface area (Å²) in [7, 11) is -3.33. The van der Waals surface area contributed by atoms with Crippen LogP contribution in [0.25, 0.3) is 10.9 Å². The van der Waals surface area contributed by atoms with Crippen LogP contribution in [0.15, 0.2) is 53.6 Å². The van der Waals surface area contributed by atoms with Gasteiger partial charge in [0.2, 0.25) is 0 Å². The summed E-state index contributed by atoms with van der Waals surface area (Å²) in [5.41, 5.74) is 2.40. The number of anilines is 1. The molecular formula is C24H29N3O4S. The normalized spacial score (nSPS) is 14.9. The van der Waals surface area contributed by atoms with Gasteiger partial charge in [0.05, 0.1) is 16.7 Å². The Kier molecular flexibility index (Phi) is 6.69. The smallest absolute Gasteiger partial charge is 0.319 e. The van der Waals surface area contributed by atoms with Crippen LogP contribution in [0.4, 0.5) is 10.5 Å². The Bertz CT molecular complexity index is 1180. The Morgan fingerprint density at radius 2 is 1.84 bits per heavy atom. The lowest BCUT2D eigenvalue weighted by atomic mass is 9.98. The highest BCUT2D eigenvalue weighted by molar-refractivity contribution is 7.90. The maximum atomic E-state index is 12.3. The van der Waals surface area contributed by atoms with E-state index in [4.69, 9.17) is 4.74 Å². The number of ether oxygens (including phenoxy) is 1. The number of hydrogen-bond donors (Lipinski definition) is 3. The van der Waals surface area contributed by atoms with E-state index < -0.39 is 9.84 Å². The molecule has 1 heterocycles. The Balaban J connectivity index is 1.28. The average Bonchev–Trinajstić information content (AvgIpc) is 3.17. The second-order valence-corrected chi connectivity index (χ2v) is 10.4. The maximum Gasteiger partial charge on any atom is 0.319 e. The number of benzene rings is 2. The van der Waals surface area contributed by atoms with Crippen LogP contribution in [-0.2, 0) is 16.3 Å². The number of urea groups is 1. The van der Waals surface area contributed by atoms with Gasteiger partial charge in [-0.2, -0.15) is 0 Å². The van der Waals surface area contributed by atoms with Gasteiger partial charge in [0.25, 0.3) is 0 Å². The average molecular weight is 456 g/mol. The van der Waals surface area contributed by atoms with E-state index in [1.165, 1.54) is 19.3 Å². The fraction of sp³-hybridized carbons (Fsp3) is 0.375. The summed E-state index contributed by atoms with van der Waals surface area (Å²) in [5.74, 6) is 0.902. The Morgan fingerprint density at radius 3 is 2.56 bits per heavy atom. The van der Waals surface area contributed by atoms with Gasteiger partial charge in [-0.25, -0.2) is 13.2 Å². The number of hydrogen-bond acceptors (Lipinski definition) is 4. The second kappa shape index (κ2) is 9.65. The Labute approximate surface area is 188 Å². The predicted molar refractivity (Wildman–Crippen MR) is 126 cm³/mol. The molecule has 32 heavy (non-hydrogen) atoms. The number of fused-ring (bicyclic) bond motifs is 1. The quantitative estimate of drug-likeness (QED) is 0.483. The summed E-state index contributed by atoms with van der Waals surface area (Å²) < 4.78 is 29.7. The molecule has 2 aromatic carbocycles. The molecule has 2 amide bonds. The number of rotatable bonds is 7. The molecule has 0 bridgehead atoms. The summed E-state index contributed by atoms with van der Waals surface area (Å²) in [5, 5.41) is 6.28. The molecule has 0 saturated heterocycles. The zero-order chi connectivity index (χ0) is 22.6. The first-order valence-corrected chi connectivity index (χ1v) is 12.9. The Hall–Kier alpha value is -3.00. The molecule has 3 N–H and O–H groups in total. The van der Waals surface area contributed by atoms with Gasteiger partial charge in [-0.05, 0) is 68.0 Å². The third kappa shape index (κ3) is 5.62. The van der Waals surface area contributed by atoms with Crippen LogP contribution in [0.5, 0.6) is 5.75 Å². The lowest BCUT2D eigenvalue weighted by Gasteiger charge is -2.23. The summed E-state index contributed by atoms with van der Waals surface area (Å²) in [6.07, 6.45) is 9.90. The van der Waals surface area contributed by atoms with Crippen molar-refractivity contribution in [1.29, 1.82) is 0 Å². The first-order chi connectivity index (χ1) is 15.4. The van der Waals surface area contributed by atoms with E-state index in [1.54, 1.807) is 24.4 Å². The topological polar surface area (TPSA) is 100 Å². The van der Waals surface area contributed by atoms with E-state index >= 15 is 0 Å². The van der Waals surface area contributed by atoms with Gasteiger partial charge >= 0.3 is 6.03 Å². The zero-order valence-corrected chi connectivity index (χ0v) is 19.0. The second-order valence-electron chi connectivity index (χ2n) is 8.33. The zero-order valence-electron chi connectivity index (χ0n) is 18.2. The first-order valence-electron chi connectivity index (χ1n) is 11.0. The van der Waals surface area contributed by atoms with Crippen molar-refractivity contribution in [2.45, 2.75) is 49.5 Å². The number of carbonyl (C=O) groups is 1.